The van der Waals surface area contributed by atoms with E-state index in [4.69, 9.17) is 4.74 Å². The second-order valence-corrected chi connectivity index (χ2v) is 5.52. The monoisotopic (exact) mass is 387 g/mol. The second-order valence-electron chi connectivity index (χ2n) is 5.52. The van der Waals surface area contributed by atoms with Crippen LogP contribution in [0, 0.1) is 0 Å². The first kappa shape index (κ1) is 22.6. The molecule has 1 aromatic carbocycles. The number of guanidine groups is 1. The van der Waals surface area contributed by atoms with Gasteiger partial charge < -0.3 is 25.2 Å². The van der Waals surface area contributed by atoms with Crippen LogP contribution in [0.15, 0.2) is 29.3 Å². The van der Waals surface area contributed by atoms with Gasteiger partial charge in [-0.2, -0.15) is 8.78 Å². The molecule has 1 atom stereocenters. The predicted molar refractivity (Wildman–Crippen MR) is 97.9 cm³/mol. The number of hydrogen-bond donors (Lipinski definition) is 3. The van der Waals surface area contributed by atoms with Crippen molar-refractivity contribution in [2.45, 2.75) is 39.4 Å². The van der Waals surface area contributed by atoms with Gasteiger partial charge in [-0.15, -0.1) is 0 Å². The summed E-state index contributed by atoms with van der Waals surface area (Å²) in [6.45, 7) is 2.40. The Morgan fingerprint density at radius 1 is 1.22 bits per heavy atom. The number of rotatable bonds is 11. The standard InChI is InChI=1S/C18H27F2N3O4/c1-3-21-18(22-11-5-6-16(25)26-4-2)23-12-15(24)13-7-9-14(10-8-13)27-17(19)20/h7-10,15,17,24H,3-6,11-12H2,1-2H3,(H2,21,22,23). The molecule has 1 unspecified atom stereocenters. The number of nitrogens with zero attached hydrogens (tertiary/aromatic N) is 1. The van der Waals surface area contributed by atoms with Gasteiger partial charge in [0.2, 0.25) is 0 Å². The summed E-state index contributed by atoms with van der Waals surface area (Å²) < 4.78 is 33.4. The highest BCUT2D eigenvalue weighted by molar-refractivity contribution is 5.79. The Hall–Kier alpha value is -2.42. The van der Waals surface area contributed by atoms with Gasteiger partial charge in [-0.3, -0.25) is 9.79 Å². The Morgan fingerprint density at radius 3 is 2.52 bits per heavy atom. The van der Waals surface area contributed by atoms with Gasteiger partial charge in [0.25, 0.3) is 0 Å². The minimum absolute atomic E-state index is 0.0288. The molecular formula is C18H27F2N3O4. The lowest BCUT2D eigenvalue weighted by Crippen LogP contribution is -2.38. The lowest BCUT2D eigenvalue weighted by Gasteiger charge is -2.13. The van der Waals surface area contributed by atoms with Crippen LogP contribution in [0.25, 0.3) is 0 Å². The Labute approximate surface area is 157 Å². The van der Waals surface area contributed by atoms with Crippen molar-refractivity contribution in [2.75, 3.05) is 26.2 Å². The molecule has 9 heteroatoms. The maximum atomic E-state index is 12.1. The van der Waals surface area contributed by atoms with Gasteiger partial charge >= 0.3 is 12.6 Å². The van der Waals surface area contributed by atoms with Crippen LogP contribution in [0.3, 0.4) is 0 Å². The minimum Gasteiger partial charge on any atom is -0.466 e. The Bertz CT molecular complexity index is 582. The molecule has 152 valence electrons. The highest BCUT2D eigenvalue weighted by atomic mass is 19.3. The summed E-state index contributed by atoms with van der Waals surface area (Å²) in [4.78, 5) is 15.6. The maximum Gasteiger partial charge on any atom is 0.387 e. The molecule has 0 fully saturated rings. The van der Waals surface area contributed by atoms with Crippen LogP contribution < -0.4 is 15.4 Å². The number of benzene rings is 1. The number of aliphatic imine (C=N–C) groups is 1. The lowest BCUT2D eigenvalue weighted by atomic mass is 10.1. The van der Waals surface area contributed by atoms with E-state index in [-0.39, 0.29) is 18.3 Å². The van der Waals surface area contributed by atoms with Crippen LogP contribution in [0.5, 0.6) is 5.75 Å². The summed E-state index contributed by atoms with van der Waals surface area (Å²) in [5.74, 6) is 0.301. The SMILES string of the molecule is CCNC(=NCC(O)c1ccc(OC(F)F)cc1)NCCCC(=O)OCC. The molecular weight excluding hydrogens is 360 g/mol. The number of aliphatic hydroxyl groups is 1. The Kier molecular flexibility index (Phi) is 10.8. The fraction of sp³-hybridized carbons (Fsp3) is 0.556. The first-order chi connectivity index (χ1) is 13.0. The zero-order valence-electron chi connectivity index (χ0n) is 15.6. The van der Waals surface area contributed by atoms with Crippen molar-refractivity contribution >= 4 is 11.9 Å². The molecule has 1 aromatic rings. The Balaban J connectivity index is 2.49. The van der Waals surface area contributed by atoms with Crippen molar-refractivity contribution in [1.82, 2.24) is 10.6 Å². The topological polar surface area (TPSA) is 92.2 Å². The lowest BCUT2D eigenvalue weighted by molar-refractivity contribution is -0.143. The van der Waals surface area contributed by atoms with E-state index in [0.29, 0.717) is 44.1 Å². The van der Waals surface area contributed by atoms with Crippen molar-refractivity contribution in [2.24, 2.45) is 4.99 Å². The molecule has 0 aromatic heterocycles. The third kappa shape index (κ3) is 9.74. The number of carbonyl (C=O) groups is 1. The number of hydrogen-bond acceptors (Lipinski definition) is 5. The molecule has 1 rings (SSSR count). The van der Waals surface area contributed by atoms with Gasteiger partial charge in [0.05, 0.1) is 19.3 Å². The Morgan fingerprint density at radius 2 is 1.93 bits per heavy atom. The molecule has 0 aliphatic carbocycles. The van der Waals surface area contributed by atoms with E-state index in [9.17, 15) is 18.7 Å². The predicted octanol–water partition coefficient (Wildman–Crippen LogP) is 2.22. The molecule has 0 aliphatic heterocycles. The van der Waals surface area contributed by atoms with Crippen LogP contribution in [0.4, 0.5) is 8.78 Å². The van der Waals surface area contributed by atoms with Crippen LogP contribution in [0.2, 0.25) is 0 Å². The van der Waals surface area contributed by atoms with Gasteiger partial charge in [-0.05, 0) is 38.0 Å². The molecule has 3 N–H and O–H groups in total. The zero-order chi connectivity index (χ0) is 20.1. The average molecular weight is 387 g/mol. The molecule has 0 bridgehead atoms. The van der Waals surface area contributed by atoms with Crippen molar-refractivity contribution in [3.05, 3.63) is 29.8 Å². The molecule has 0 heterocycles. The number of esters is 1. The summed E-state index contributed by atoms with van der Waals surface area (Å²) in [7, 11) is 0. The van der Waals surface area contributed by atoms with Crippen molar-refractivity contribution < 1.29 is 28.2 Å². The number of halogens is 2. The zero-order valence-corrected chi connectivity index (χ0v) is 15.6. The van der Waals surface area contributed by atoms with Gasteiger partial charge in [-0.25, -0.2) is 0 Å². The molecule has 0 radical (unpaired) electrons. The summed E-state index contributed by atoms with van der Waals surface area (Å²) in [5.41, 5.74) is 0.540. The molecule has 0 saturated heterocycles. The van der Waals surface area contributed by atoms with E-state index in [0.717, 1.165) is 0 Å². The van der Waals surface area contributed by atoms with Crippen molar-refractivity contribution in [3.8, 4) is 5.75 Å². The van der Waals surface area contributed by atoms with E-state index in [2.05, 4.69) is 20.4 Å². The molecule has 27 heavy (non-hydrogen) atoms. The third-order valence-electron chi connectivity index (χ3n) is 3.41. The van der Waals surface area contributed by atoms with Crippen LogP contribution in [-0.4, -0.2) is 49.9 Å². The fourth-order valence-electron chi connectivity index (χ4n) is 2.17. The van der Waals surface area contributed by atoms with E-state index < -0.39 is 12.7 Å². The first-order valence-corrected chi connectivity index (χ1v) is 8.86. The molecule has 0 amide bonds. The number of nitrogens with one attached hydrogen (secondary N) is 2. The van der Waals surface area contributed by atoms with Gasteiger partial charge in [0.1, 0.15) is 5.75 Å². The average Bonchev–Trinajstić information content (AvgIpc) is 2.63. The smallest absolute Gasteiger partial charge is 0.387 e. The van der Waals surface area contributed by atoms with Gasteiger partial charge in [0, 0.05) is 19.5 Å². The second kappa shape index (κ2) is 12.9. The van der Waals surface area contributed by atoms with Crippen LogP contribution >= 0.6 is 0 Å². The minimum atomic E-state index is -2.89. The summed E-state index contributed by atoms with van der Waals surface area (Å²) in [6.07, 6.45) is 0.0217. The molecule has 0 spiro atoms. The van der Waals surface area contributed by atoms with Crippen LogP contribution in [0.1, 0.15) is 38.4 Å². The van der Waals surface area contributed by atoms with Gasteiger partial charge in [0.15, 0.2) is 5.96 Å². The molecule has 7 nitrogen and oxygen atoms in total. The van der Waals surface area contributed by atoms with E-state index >= 15 is 0 Å². The summed E-state index contributed by atoms with van der Waals surface area (Å²) >= 11 is 0. The highest BCUT2D eigenvalue weighted by Gasteiger charge is 2.10. The third-order valence-corrected chi connectivity index (χ3v) is 3.41. The molecule has 0 aliphatic rings. The number of alkyl halides is 2. The number of carbonyl (C=O) groups excluding carboxylic acids is 1. The maximum absolute atomic E-state index is 12.1. The van der Waals surface area contributed by atoms with Crippen molar-refractivity contribution in [3.63, 3.8) is 0 Å². The number of ether oxygens (including phenoxy) is 2. The highest BCUT2D eigenvalue weighted by Crippen LogP contribution is 2.19. The largest absolute Gasteiger partial charge is 0.466 e. The van der Waals surface area contributed by atoms with E-state index in [1.165, 1.54) is 24.3 Å². The fourth-order valence-corrected chi connectivity index (χ4v) is 2.17. The van der Waals surface area contributed by atoms with E-state index in [1.54, 1.807) is 6.92 Å². The van der Waals surface area contributed by atoms with E-state index in [1.807, 2.05) is 6.92 Å². The van der Waals surface area contributed by atoms with Crippen molar-refractivity contribution in [1.29, 1.82) is 0 Å². The quantitative estimate of drug-likeness (QED) is 0.233. The summed E-state index contributed by atoms with van der Waals surface area (Å²) in [6, 6.07) is 5.76. The number of aliphatic hydroxyl groups excluding tert-OH is 1. The normalized spacial score (nSPS) is 12.6. The van der Waals surface area contributed by atoms with Gasteiger partial charge in [-0.1, -0.05) is 12.1 Å². The van der Waals surface area contributed by atoms with Crippen LogP contribution in [-0.2, 0) is 9.53 Å². The molecule has 0 saturated carbocycles. The first-order valence-electron chi connectivity index (χ1n) is 8.86. The summed E-state index contributed by atoms with van der Waals surface area (Å²) in [5, 5.41) is 16.3.